The van der Waals surface area contributed by atoms with Crippen molar-refractivity contribution in [3.8, 4) is 0 Å². The lowest BCUT2D eigenvalue weighted by molar-refractivity contribution is -0.117. The van der Waals surface area contributed by atoms with Crippen LogP contribution in [0.1, 0.15) is 19.8 Å². The molecule has 1 amide bonds. The van der Waals surface area contributed by atoms with Crippen molar-refractivity contribution in [2.75, 3.05) is 16.4 Å². The van der Waals surface area contributed by atoms with Gasteiger partial charge in [-0.05, 0) is 24.6 Å². The second-order valence-corrected chi connectivity index (χ2v) is 9.98. The minimum atomic E-state index is -3.09. The fourth-order valence-corrected chi connectivity index (χ4v) is 7.10. The Morgan fingerprint density at radius 1 is 1.33 bits per heavy atom. The fraction of sp³-hybridized carbons (Fsp3) is 0.467. The lowest BCUT2D eigenvalue weighted by Crippen LogP contribution is -2.37. The first-order valence-corrected chi connectivity index (χ1v) is 11.0. The SMILES string of the molecule is CCCC(=O)N=C1S[C@H]2CS(=O)(=O)C[C@@H]2N1c1ccc(Cl)c(Cl)c1. The Labute approximate surface area is 155 Å². The predicted molar refractivity (Wildman–Crippen MR) is 100 cm³/mol. The van der Waals surface area contributed by atoms with E-state index >= 15 is 0 Å². The van der Waals surface area contributed by atoms with E-state index in [1.165, 1.54) is 11.8 Å². The molecule has 0 aliphatic carbocycles. The summed E-state index contributed by atoms with van der Waals surface area (Å²) in [5, 5.41) is 1.21. The smallest absolute Gasteiger partial charge is 0.248 e. The van der Waals surface area contributed by atoms with Gasteiger partial charge in [0.05, 0.1) is 27.6 Å². The molecule has 0 spiro atoms. The highest BCUT2D eigenvalue weighted by atomic mass is 35.5. The molecule has 2 aliphatic heterocycles. The van der Waals surface area contributed by atoms with E-state index < -0.39 is 9.84 Å². The van der Waals surface area contributed by atoms with Crippen molar-refractivity contribution < 1.29 is 13.2 Å². The van der Waals surface area contributed by atoms with Crippen LogP contribution in [0.25, 0.3) is 0 Å². The topological polar surface area (TPSA) is 66.8 Å². The second kappa shape index (κ2) is 6.86. The summed E-state index contributed by atoms with van der Waals surface area (Å²) in [6, 6.07) is 4.86. The van der Waals surface area contributed by atoms with Crippen molar-refractivity contribution >= 4 is 61.6 Å². The summed E-state index contributed by atoms with van der Waals surface area (Å²) in [7, 11) is -3.09. The highest BCUT2D eigenvalue weighted by Gasteiger charge is 2.49. The molecule has 1 aromatic rings. The molecular weight excluding hydrogens is 391 g/mol. The van der Waals surface area contributed by atoms with Crippen LogP contribution in [0.4, 0.5) is 5.69 Å². The maximum atomic E-state index is 12.0. The number of amides is 1. The number of rotatable bonds is 3. The number of benzene rings is 1. The van der Waals surface area contributed by atoms with E-state index in [0.717, 1.165) is 0 Å². The molecule has 0 N–H and O–H groups in total. The number of nitrogens with zero attached hydrogens (tertiary/aromatic N) is 2. The predicted octanol–water partition coefficient (Wildman–Crippen LogP) is 3.39. The quantitative estimate of drug-likeness (QED) is 0.769. The number of hydrogen-bond acceptors (Lipinski definition) is 4. The zero-order valence-corrected chi connectivity index (χ0v) is 16.1. The van der Waals surface area contributed by atoms with E-state index in [4.69, 9.17) is 23.2 Å². The summed E-state index contributed by atoms with van der Waals surface area (Å²) in [5.74, 6) is -0.0551. The van der Waals surface area contributed by atoms with Crippen LogP contribution in [0.5, 0.6) is 0 Å². The molecule has 2 heterocycles. The number of halogens is 2. The van der Waals surface area contributed by atoms with Gasteiger partial charge in [-0.3, -0.25) is 4.79 Å². The van der Waals surface area contributed by atoms with Gasteiger partial charge in [0.15, 0.2) is 15.0 Å². The molecule has 2 saturated heterocycles. The van der Waals surface area contributed by atoms with Crippen LogP contribution in [0.15, 0.2) is 23.2 Å². The highest BCUT2D eigenvalue weighted by Crippen LogP contribution is 2.42. The maximum Gasteiger partial charge on any atom is 0.248 e. The van der Waals surface area contributed by atoms with Crippen molar-refractivity contribution in [2.45, 2.75) is 31.1 Å². The number of thioether (sulfide) groups is 1. The Morgan fingerprint density at radius 2 is 2.08 bits per heavy atom. The molecule has 0 radical (unpaired) electrons. The largest absolute Gasteiger partial charge is 0.316 e. The van der Waals surface area contributed by atoms with Gasteiger partial charge >= 0.3 is 0 Å². The van der Waals surface area contributed by atoms with E-state index in [9.17, 15) is 13.2 Å². The van der Waals surface area contributed by atoms with E-state index in [-0.39, 0.29) is 28.7 Å². The molecule has 5 nitrogen and oxygen atoms in total. The molecule has 1 aromatic carbocycles. The van der Waals surface area contributed by atoms with Gasteiger partial charge in [0.1, 0.15) is 0 Å². The molecule has 9 heteroatoms. The molecule has 0 aromatic heterocycles. The van der Waals surface area contributed by atoms with Gasteiger partial charge in [-0.1, -0.05) is 41.9 Å². The Morgan fingerprint density at radius 3 is 2.75 bits per heavy atom. The van der Waals surface area contributed by atoms with Crippen molar-refractivity contribution in [1.82, 2.24) is 0 Å². The zero-order valence-electron chi connectivity index (χ0n) is 12.9. The number of sulfone groups is 1. The third-order valence-electron chi connectivity index (χ3n) is 3.93. The van der Waals surface area contributed by atoms with E-state index in [2.05, 4.69) is 4.99 Å². The number of fused-ring (bicyclic) bond motifs is 1. The van der Waals surface area contributed by atoms with Crippen LogP contribution in [-0.2, 0) is 14.6 Å². The Balaban J connectivity index is 2.01. The number of amidine groups is 1. The van der Waals surface area contributed by atoms with Gasteiger partial charge in [0.2, 0.25) is 5.91 Å². The number of anilines is 1. The molecule has 3 rings (SSSR count). The van der Waals surface area contributed by atoms with Crippen LogP contribution in [0, 0.1) is 0 Å². The number of hydrogen-bond donors (Lipinski definition) is 0. The van der Waals surface area contributed by atoms with Gasteiger partial charge in [-0.25, -0.2) is 8.42 Å². The van der Waals surface area contributed by atoms with E-state index in [0.29, 0.717) is 33.7 Å². The lowest BCUT2D eigenvalue weighted by Gasteiger charge is -2.24. The third-order valence-corrected chi connectivity index (χ3v) is 7.88. The Kier molecular flexibility index (Phi) is 5.16. The number of carbonyl (C=O) groups is 1. The Hall–Kier alpha value is -0.760. The highest BCUT2D eigenvalue weighted by molar-refractivity contribution is 8.16. The minimum Gasteiger partial charge on any atom is -0.316 e. The van der Waals surface area contributed by atoms with Crippen molar-refractivity contribution in [3.05, 3.63) is 28.2 Å². The lowest BCUT2D eigenvalue weighted by atomic mass is 10.2. The normalized spacial score (nSPS) is 26.8. The first-order chi connectivity index (χ1) is 11.3. The molecule has 2 aliphatic rings. The molecule has 0 bridgehead atoms. The van der Waals surface area contributed by atoms with Crippen molar-refractivity contribution in [2.24, 2.45) is 4.99 Å². The van der Waals surface area contributed by atoms with Gasteiger partial charge < -0.3 is 4.90 Å². The van der Waals surface area contributed by atoms with Gasteiger partial charge in [0.25, 0.3) is 0 Å². The van der Waals surface area contributed by atoms with Crippen LogP contribution in [-0.4, -0.2) is 42.3 Å². The zero-order chi connectivity index (χ0) is 17.5. The molecule has 2 atom stereocenters. The first-order valence-electron chi connectivity index (χ1n) is 7.53. The van der Waals surface area contributed by atoms with E-state index in [1.54, 1.807) is 18.2 Å². The van der Waals surface area contributed by atoms with Crippen molar-refractivity contribution in [3.63, 3.8) is 0 Å². The summed E-state index contributed by atoms with van der Waals surface area (Å²) in [6.45, 7) is 1.91. The molecule has 2 fully saturated rings. The third kappa shape index (κ3) is 3.59. The van der Waals surface area contributed by atoms with Gasteiger partial charge in [-0.2, -0.15) is 4.99 Å². The number of carbonyl (C=O) groups excluding carboxylic acids is 1. The molecule has 24 heavy (non-hydrogen) atoms. The molecule has 0 saturated carbocycles. The number of aliphatic imine (C=N–C) groups is 1. The van der Waals surface area contributed by atoms with Crippen molar-refractivity contribution in [1.29, 1.82) is 0 Å². The second-order valence-electron chi connectivity index (χ2n) is 5.81. The van der Waals surface area contributed by atoms with Gasteiger partial charge in [-0.15, -0.1) is 0 Å². The fourth-order valence-electron chi connectivity index (χ4n) is 2.88. The summed E-state index contributed by atoms with van der Waals surface area (Å²) in [5.41, 5.74) is 0.699. The van der Waals surface area contributed by atoms with E-state index in [1.807, 2.05) is 11.8 Å². The van der Waals surface area contributed by atoms with Crippen LogP contribution < -0.4 is 4.90 Å². The minimum absolute atomic E-state index is 0.0475. The molecular formula is C15H16Cl2N2O3S2. The van der Waals surface area contributed by atoms with Crippen LogP contribution in [0.2, 0.25) is 10.0 Å². The van der Waals surface area contributed by atoms with Crippen LogP contribution >= 0.6 is 35.0 Å². The summed E-state index contributed by atoms with van der Waals surface area (Å²) in [6.07, 6.45) is 1.08. The Bertz CT molecular complexity index is 811. The summed E-state index contributed by atoms with van der Waals surface area (Å²) < 4.78 is 24.0. The first kappa shape index (κ1) is 18.0. The monoisotopic (exact) mass is 406 g/mol. The summed E-state index contributed by atoms with van der Waals surface area (Å²) >= 11 is 13.4. The standard InChI is InChI=1S/C15H16Cl2N2O3S2/c1-2-3-14(20)18-15-19(9-4-5-10(16)11(17)6-9)12-7-24(21,22)8-13(12)23-15/h4-6,12-13H,2-3,7-8H2,1H3/t12-,13-/m0/s1. The molecule has 0 unspecified atom stereocenters. The average molecular weight is 407 g/mol. The summed E-state index contributed by atoms with van der Waals surface area (Å²) in [4.78, 5) is 18.0. The van der Waals surface area contributed by atoms with Crippen LogP contribution in [0.3, 0.4) is 0 Å². The molecule has 130 valence electrons. The maximum absolute atomic E-state index is 12.0. The van der Waals surface area contributed by atoms with Gasteiger partial charge in [0, 0.05) is 17.4 Å². The average Bonchev–Trinajstić information content (AvgIpc) is 2.93.